The van der Waals surface area contributed by atoms with Gasteiger partial charge < -0.3 is 4.74 Å². The van der Waals surface area contributed by atoms with Crippen LogP contribution < -0.4 is 5.43 Å². The molecular formula is C9H7Cl3N2O. The summed E-state index contributed by atoms with van der Waals surface area (Å²) >= 11 is 16.9. The second kappa shape index (κ2) is 4.08. The van der Waals surface area contributed by atoms with Gasteiger partial charge in [0.2, 0.25) is 6.23 Å². The van der Waals surface area contributed by atoms with Crippen LogP contribution in [0.3, 0.4) is 0 Å². The molecule has 1 aliphatic rings. The van der Waals surface area contributed by atoms with Gasteiger partial charge >= 0.3 is 0 Å². The third-order valence-electron chi connectivity index (χ3n) is 1.86. The number of nitrogens with zero attached hydrogens (tertiary/aromatic N) is 1. The maximum Gasteiger partial charge on any atom is 0.268 e. The van der Waals surface area contributed by atoms with Gasteiger partial charge in [-0.15, -0.1) is 5.10 Å². The molecule has 15 heavy (non-hydrogen) atoms. The summed E-state index contributed by atoms with van der Waals surface area (Å²) in [7, 11) is 0. The van der Waals surface area contributed by atoms with Crippen LogP contribution in [0.1, 0.15) is 11.8 Å². The Hall–Kier alpha value is -0.640. The van der Waals surface area contributed by atoms with E-state index in [-0.39, 0.29) is 5.90 Å². The molecule has 1 aromatic carbocycles. The van der Waals surface area contributed by atoms with Gasteiger partial charge in [-0.3, -0.25) is 5.43 Å². The Morgan fingerprint density at radius 2 is 1.87 bits per heavy atom. The Morgan fingerprint density at radius 3 is 2.40 bits per heavy atom. The number of hydrazone groups is 1. The van der Waals surface area contributed by atoms with Crippen molar-refractivity contribution in [2.45, 2.75) is 10.0 Å². The third kappa shape index (κ3) is 2.48. The van der Waals surface area contributed by atoms with Crippen LogP contribution >= 0.6 is 34.8 Å². The second-order valence-electron chi connectivity index (χ2n) is 2.95. The predicted octanol–water partition coefficient (Wildman–Crippen LogP) is 2.99. The Bertz CT molecular complexity index is 375. The van der Waals surface area contributed by atoms with Crippen molar-refractivity contribution in [1.29, 1.82) is 0 Å². The highest BCUT2D eigenvalue weighted by atomic mass is 35.6. The first-order chi connectivity index (χ1) is 7.07. The van der Waals surface area contributed by atoms with Crippen molar-refractivity contribution < 1.29 is 4.74 Å². The molecule has 0 fully saturated rings. The molecule has 2 rings (SSSR count). The van der Waals surface area contributed by atoms with Gasteiger partial charge in [0.15, 0.2) is 0 Å². The fourth-order valence-electron chi connectivity index (χ4n) is 1.18. The van der Waals surface area contributed by atoms with Gasteiger partial charge in [-0.05, 0) is 0 Å². The Balaban J connectivity index is 2.09. The quantitative estimate of drug-likeness (QED) is 0.792. The van der Waals surface area contributed by atoms with Crippen LogP contribution in [0.2, 0.25) is 0 Å². The van der Waals surface area contributed by atoms with E-state index in [9.17, 15) is 0 Å². The molecule has 3 nitrogen and oxygen atoms in total. The van der Waals surface area contributed by atoms with Gasteiger partial charge in [-0.2, -0.15) is 0 Å². The molecule has 0 bridgehead atoms. The molecular weight excluding hydrogens is 258 g/mol. The van der Waals surface area contributed by atoms with Gasteiger partial charge in [-0.1, -0.05) is 65.1 Å². The van der Waals surface area contributed by atoms with Crippen molar-refractivity contribution in [2.75, 3.05) is 0 Å². The van der Waals surface area contributed by atoms with E-state index in [1.54, 1.807) is 0 Å². The van der Waals surface area contributed by atoms with E-state index in [0.717, 1.165) is 5.56 Å². The van der Waals surface area contributed by atoms with Gasteiger partial charge in [0, 0.05) is 5.56 Å². The standard InChI is InChI=1S/C9H7Cl3N2O/c10-9(11,12)8-14-13-7(15-8)6-4-2-1-3-5-6/h1-5,7,13H. The molecule has 0 saturated carbocycles. The number of alkyl halides is 3. The van der Waals surface area contributed by atoms with E-state index in [1.165, 1.54) is 0 Å². The van der Waals surface area contributed by atoms with E-state index >= 15 is 0 Å². The fraction of sp³-hybridized carbons (Fsp3) is 0.222. The van der Waals surface area contributed by atoms with Gasteiger partial charge in [0.05, 0.1) is 0 Å². The SMILES string of the molecule is ClC(Cl)(Cl)C1=NNC(c2ccccc2)O1. The molecule has 1 heterocycles. The van der Waals surface area contributed by atoms with Crippen LogP contribution in [0.15, 0.2) is 35.4 Å². The highest BCUT2D eigenvalue weighted by Crippen LogP contribution is 2.33. The minimum Gasteiger partial charge on any atom is -0.447 e. The predicted molar refractivity (Wildman–Crippen MR) is 61.1 cm³/mol. The highest BCUT2D eigenvalue weighted by molar-refractivity contribution is 6.76. The summed E-state index contributed by atoms with van der Waals surface area (Å²) < 4.78 is 3.73. The van der Waals surface area contributed by atoms with Crippen LogP contribution in [0.5, 0.6) is 0 Å². The van der Waals surface area contributed by atoms with Crippen LogP contribution in [0.4, 0.5) is 0 Å². The maximum atomic E-state index is 5.63. The van der Waals surface area contributed by atoms with Gasteiger partial charge in [0.1, 0.15) is 0 Å². The van der Waals surface area contributed by atoms with Crippen molar-refractivity contribution in [3.05, 3.63) is 35.9 Å². The summed E-state index contributed by atoms with van der Waals surface area (Å²) in [5.41, 5.74) is 3.66. The number of halogens is 3. The fourth-order valence-corrected chi connectivity index (χ4v) is 1.44. The molecule has 0 aromatic heterocycles. The second-order valence-corrected chi connectivity index (χ2v) is 5.23. The van der Waals surface area contributed by atoms with Crippen LogP contribution in [-0.4, -0.2) is 9.69 Å². The Kier molecular flexibility index (Phi) is 2.96. The molecule has 1 aromatic rings. The molecule has 0 saturated heterocycles. The number of nitrogens with one attached hydrogen (secondary N) is 1. The van der Waals surface area contributed by atoms with Crippen molar-refractivity contribution in [2.24, 2.45) is 5.10 Å². The van der Waals surface area contributed by atoms with Crippen LogP contribution in [-0.2, 0) is 4.74 Å². The molecule has 0 radical (unpaired) electrons. The number of ether oxygens (including phenoxy) is 1. The number of hydrogen-bond acceptors (Lipinski definition) is 3. The van der Waals surface area contributed by atoms with Crippen molar-refractivity contribution >= 4 is 40.7 Å². The van der Waals surface area contributed by atoms with Crippen LogP contribution in [0.25, 0.3) is 0 Å². The molecule has 1 aliphatic heterocycles. The van der Waals surface area contributed by atoms with Crippen molar-refractivity contribution in [1.82, 2.24) is 5.43 Å². The lowest BCUT2D eigenvalue weighted by molar-refractivity contribution is 0.188. The lowest BCUT2D eigenvalue weighted by Gasteiger charge is -2.13. The summed E-state index contributed by atoms with van der Waals surface area (Å²) in [4.78, 5) is 0. The molecule has 6 heteroatoms. The first kappa shape index (κ1) is 10.9. The Morgan fingerprint density at radius 1 is 1.20 bits per heavy atom. The molecule has 1 unspecified atom stereocenters. The van der Waals surface area contributed by atoms with Crippen molar-refractivity contribution in [3.8, 4) is 0 Å². The van der Waals surface area contributed by atoms with Crippen LogP contribution in [0, 0.1) is 0 Å². The topological polar surface area (TPSA) is 33.6 Å². The minimum atomic E-state index is -1.63. The summed E-state index contributed by atoms with van der Waals surface area (Å²) in [6.45, 7) is 0. The van der Waals surface area contributed by atoms with E-state index in [0.29, 0.717) is 0 Å². The third-order valence-corrected chi connectivity index (χ3v) is 2.34. The molecule has 80 valence electrons. The van der Waals surface area contributed by atoms with E-state index in [1.807, 2.05) is 30.3 Å². The maximum absolute atomic E-state index is 5.63. The van der Waals surface area contributed by atoms with Crippen molar-refractivity contribution in [3.63, 3.8) is 0 Å². The van der Waals surface area contributed by atoms with E-state index in [4.69, 9.17) is 39.5 Å². The van der Waals surface area contributed by atoms with E-state index in [2.05, 4.69) is 10.5 Å². The average Bonchev–Trinajstić information content (AvgIpc) is 2.67. The first-order valence-corrected chi connectivity index (χ1v) is 5.33. The minimum absolute atomic E-state index is 0.0568. The smallest absolute Gasteiger partial charge is 0.268 e. The largest absolute Gasteiger partial charge is 0.447 e. The molecule has 1 atom stereocenters. The van der Waals surface area contributed by atoms with E-state index < -0.39 is 10.0 Å². The molecule has 0 aliphatic carbocycles. The monoisotopic (exact) mass is 264 g/mol. The first-order valence-electron chi connectivity index (χ1n) is 4.19. The zero-order chi connectivity index (χ0) is 10.9. The summed E-state index contributed by atoms with van der Waals surface area (Å²) in [5.74, 6) is 0.0568. The molecule has 0 amide bonds. The zero-order valence-electron chi connectivity index (χ0n) is 7.45. The number of benzene rings is 1. The summed E-state index contributed by atoms with van der Waals surface area (Å²) in [6, 6.07) is 9.50. The molecule has 1 N–H and O–H groups in total. The summed E-state index contributed by atoms with van der Waals surface area (Å²) in [6.07, 6.45) is -0.392. The lowest BCUT2D eigenvalue weighted by atomic mass is 10.2. The normalized spacial score (nSPS) is 20.5. The lowest BCUT2D eigenvalue weighted by Crippen LogP contribution is -2.20. The average molecular weight is 266 g/mol. The summed E-state index contributed by atoms with van der Waals surface area (Å²) in [5, 5.41) is 3.81. The molecule has 0 spiro atoms. The van der Waals surface area contributed by atoms with Gasteiger partial charge in [0.25, 0.3) is 9.69 Å². The Labute approximate surface area is 102 Å². The highest BCUT2D eigenvalue weighted by Gasteiger charge is 2.36. The number of rotatable bonds is 1. The zero-order valence-corrected chi connectivity index (χ0v) is 9.72. The number of hydrogen-bond donors (Lipinski definition) is 1. The van der Waals surface area contributed by atoms with Gasteiger partial charge in [-0.25, -0.2) is 0 Å².